The third-order valence-electron chi connectivity index (χ3n) is 4.78. The van der Waals surface area contributed by atoms with E-state index in [0.717, 1.165) is 5.56 Å². The Labute approximate surface area is 161 Å². The van der Waals surface area contributed by atoms with Crippen molar-refractivity contribution in [2.75, 3.05) is 6.54 Å². The maximum Gasteiger partial charge on any atom is 0.311 e. The van der Waals surface area contributed by atoms with Gasteiger partial charge in [0.15, 0.2) is 12.4 Å². The van der Waals surface area contributed by atoms with E-state index in [-0.39, 0.29) is 36.8 Å². The number of rotatable bonds is 6. The number of benzene rings is 1. The van der Waals surface area contributed by atoms with Crippen LogP contribution in [-0.2, 0) is 20.9 Å². The molecule has 2 atom stereocenters. The topological polar surface area (TPSA) is 98.7 Å². The summed E-state index contributed by atoms with van der Waals surface area (Å²) in [5.41, 5.74) is 1.03. The third-order valence-corrected chi connectivity index (χ3v) is 4.78. The van der Waals surface area contributed by atoms with Crippen LogP contribution in [0.25, 0.3) is 11.7 Å². The predicted octanol–water partition coefficient (Wildman–Crippen LogP) is 2.98. The molecule has 3 heterocycles. The molecule has 0 spiro atoms. The van der Waals surface area contributed by atoms with E-state index >= 15 is 0 Å². The molecule has 1 fully saturated rings. The quantitative estimate of drug-likeness (QED) is 0.605. The van der Waals surface area contributed by atoms with Crippen LogP contribution in [0.4, 0.5) is 0 Å². The van der Waals surface area contributed by atoms with Gasteiger partial charge in [-0.05, 0) is 24.6 Å². The van der Waals surface area contributed by atoms with Crippen LogP contribution in [0.5, 0.6) is 0 Å². The van der Waals surface area contributed by atoms with E-state index < -0.39 is 11.9 Å². The Morgan fingerprint density at radius 1 is 1.25 bits per heavy atom. The Kier molecular flexibility index (Phi) is 4.92. The molecular formula is C20H19N3O5. The summed E-state index contributed by atoms with van der Waals surface area (Å²) in [7, 11) is 0. The SMILES string of the molecule is C[C@H](c1ccccc1)N1C[C@@H](C(=O)OCc2nnc(-c3ccco3)o2)CC1=O. The molecule has 3 aromatic rings. The zero-order chi connectivity index (χ0) is 19.5. The lowest BCUT2D eigenvalue weighted by Gasteiger charge is -2.25. The minimum absolute atomic E-state index is 0.0591. The summed E-state index contributed by atoms with van der Waals surface area (Å²) >= 11 is 0. The second-order valence-electron chi connectivity index (χ2n) is 6.62. The van der Waals surface area contributed by atoms with Crippen LogP contribution in [0.3, 0.4) is 0 Å². The fourth-order valence-electron chi connectivity index (χ4n) is 3.24. The van der Waals surface area contributed by atoms with Gasteiger partial charge < -0.3 is 18.5 Å². The highest BCUT2D eigenvalue weighted by atomic mass is 16.5. The molecule has 8 nitrogen and oxygen atoms in total. The van der Waals surface area contributed by atoms with Crippen LogP contribution in [0.15, 0.2) is 57.6 Å². The molecule has 1 amide bonds. The first kappa shape index (κ1) is 18.0. The van der Waals surface area contributed by atoms with Crippen LogP contribution in [-0.4, -0.2) is 33.5 Å². The molecule has 0 saturated carbocycles. The summed E-state index contributed by atoms with van der Waals surface area (Å²) in [6, 6.07) is 13.0. The van der Waals surface area contributed by atoms with Gasteiger partial charge in [-0.25, -0.2) is 0 Å². The van der Waals surface area contributed by atoms with Gasteiger partial charge >= 0.3 is 5.97 Å². The average Bonchev–Trinajstić information content (AvgIpc) is 3.46. The molecule has 1 saturated heterocycles. The lowest BCUT2D eigenvalue weighted by molar-refractivity contribution is -0.150. The molecule has 0 radical (unpaired) electrons. The first-order valence-corrected chi connectivity index (χ1v) is 8.99. The van der Waals surface area contributed by atoms with Crippen LogP contribution >= 0.6 is 0 Å². The van der Waals surface area contributed by atoms with Crippen molar-refractivity contribution in [1.29, 1.82) is 0 Å². The van der Waals surface area contributed by atoms with Crippen LogP contribution in [0.1, 0.15) is 30.8 Å². The highest BCUT2D eigenvalue weighted by Gasteiger charge is 2.38. The standard InChI is InChI=1S/C20H19N3O5/c1-13(14-6-3-2-4-7-14)23-11-15(10-18(23)24)20(25)27-12-17-21-22-19(28-17)16-8-5-9-26-16/h2-9,13,15H,10-12H2,1H3/t13-,15+/m1/s1. The molecule has 0 aliphatic carbocycles. The zero-order valence-electron chi connectivity index (χ0n) is 15.3. The van der Waals surface area contributed by atoms with Crippen molar-refractivity contribution in [3.05, 3.63) is 60.2 Å². The number of esters is 1. The number of ether oxygens (including phenoxy) is 1. The van der Waals surface area contributed by atoms with Gasteiger partial charge in [0.25, 0.3) is 11.8 Å². The Balaban J connectivity index is 1.34. The first-order chi connectivity index (χ1) is 13.6. The number of hydrogen-bond donors (Lipinski definition) is 0. The van der Waals surface area contributed by atoms with Crippen LogP contribution in [0.2, 0.25) is 0 Å². The van der Waals surface area contributed by atoms with Gasteiger partial charge in [0.1, 0.15) is 0 Å². The molecule has 0 bridgehead atoms. The molecular weight excluding hydrogens is 362 g/mol. The van der Waals surface area contributed by atoms with Gasteiger partial charge in [-0.1, -0.05) is 30.3 Å². The van der Waals surface area contributed by atoms with Crippen molar-refractivity contribution in [1.82, 2.24) is 15.1 Å². The van der Waals surface area contributed by atoms with Crippen molar-refractivity contribution in [3.8, 4) is 11.7 Å². The van der Waals surface area contributed by atoms with Crippen molar-refractivity contribution >= 4 is 11.9 Å². The number of furan rings is 1. The average molecular weight is 381 g/mol. The van der Waals surface area contributed by atoms with Crippen molar-refractivity contribution in [3.63, 3.8) is 0 Å². The lowest BCUT2D eigenvalue weighted by Crippen LogP contribution is -2.29. The molecule has 4 rings (SSSR count). The largest absolute Gasteiger partial charge is 0.459 e. The smallest absolute Gasteiger partial charge is 0.311 e. The van der Waals surface area contributed by atoms with E-state index in [4.69, 9.17) is 13.6 Å². The summed E-state index contributed by atoms with van der Waals surface area (Å²) in [6.07, 6.45) is 1.63. The number of carbonyl (C=O) groups is 2. The summed E-state index contributed by atoms with van der Waals surface area (Å²) in [4.78, 5) is 26.5. The monoisotopic (exact) mass is 381 g/mol. The van der Waals surface area contributed by atoms with E-state index in [2.05, 4.69) is 10.2 Å². The molecule has 0 unspecified atom stereocenters. The van der Waals surface area contributed by atoms with Crippen molar-refractivity contribution in [2.24, 2.45) is 5.92 Å². The van der Waals surface area contributed by atoms with Crippen molar-refractivity contribution < 1.29 is 23.2 Å². The lowest BCUT2D eigenvalue weighted by atomic mass is 10.1. The van der Waals surface area contributed by atoms with E-state index in [9.17, 15) is 9.59 Å². The van der Waals surface area contributed by atoms with Gasteiger partial charge in [0.2, 0.25) is 5.91 Å². The summed E-state index contributed by atoms with van der Waals surface area (Å²) < 4.78 is 15.9. The predicted molar refractivity (Wildman–Crippen MR) is 96.5 cm³/mol. The van der Waals surface area contributed by atoms with Gasteiger partial charge in [-0.15, -0.1) is 10.2 Å². The van der Waals surface area contributed by atoms with E-state index in [1.165, 1.54) is 6.26 Å². The van der Waals surface area contributed by atoms with E-state index in [0.29, 0.717) is 12.3 Å². The molecule has 28 heavy (non-hydrogen) atoms. The molecule has 2 aromatic heterocycles. The first-order valence-electron chi connectivity index (χ1n) is 8.99. The Hall–Kier alpha value is -3.42. The molecule has 8 heteroatoms. The summed E-state index contributed by atoms with van der Waals surface area (Å²) in [5.74, 6) is -0.193. The van der Waals surface area contributed by atoms with E-state index in [1.54, 1.807) is 17.0 Å². The normalized spacial score (nSPS) is 17.7. The fraction of sp³-hybridized carbons (Fsp3) is 0.300. The highest BCUT2D eigenvalue weighted by molar-refractivity contribution is 5.87. The molecule has 1 aliphatic rings. The van der Waals surface area contributed by atoms with Gasteiger partial charge in [0.05, 0.1) is 18.2 Å². The fourth-order valence-corrected chi connectivity index (χ4v) is 3.24. The summed E-state index contributed by atoms with van der Waals surface area (Å²) in [5, 5.41) is 7.69. The Morgan fingerprint density at radius 2 is 2.07 bits per heavy atom. The molecule has 0 N–H and O–H groups in total. The maximum atomic E-state index is 12.4. The number of amides is 1. The van der Waals surface area contributed by atoms with Crippen LogP contribution in [0, 0.1) is 5.92 Å². The molecule has 1 aliphatic heterocycles. The number of likely N-dealkylation sites (tertiary alicyclic amines) is 1. The van der Waals surface area contributed by atoms with Crippen LogP contribution < -0.4 is 0 Å². The third kappa shape index (κ3) is 3.66. The van der Waals surface area contributed by atoms with Gasteiger partial charge in [-0.3, -0.25) is 9.59 Å². The second kappa shape index (κ2) is 7.67. The number of hydrogen-bond acceptors (Lipinski definition) is 7. The molecule has 1 aromatic carbocycles. The van der Waals surface area contributed by atoms with E-state index in [1.807, 2.05) is 37.3 Å². The Bertz CT molecular complexity index is 951. The maximum absolute atomic E-state index is 12.4. The minimum atomic E-state index is -0.508. The second-order valence-corrected chi connectivity index (χ2v) is 6.62. The molecule has 144 valence electrons. The Morgan fingerprint density at radius 3 is 2.82 bits per heavy atom. The van der Waals surface area contributed by atoms with Gasteiger partial charge in [0, 0.05) is 13.0 Å². The minimum Gasteiger partial charge on any atom is -0.459 e. The number of aromatic nitrogens is 2. The zero-order valence-corrected chi connectivity index (χ0v) is 15.3. The van der Waals surface area contributed by atoms with Gasteiger partial charge in [-0.2, -0.15) is 0 Å². The number of carbonyl (C=O) groups excluding carboxylic acids is 2. The highest BCUT2D eigenvalue weighted by Crippen LogP contribution is 2.29. The summed E-state index contributed by atoms with van der Waals surface area (Å²) in [6.45, 7) is 2.14. The number of nitrogens with zero attached hydrogens (tertiary/aromatic N) is 3. The van der Waals surface area contributed by atoms with Crippen molar-refractivity contribution in [2.45, 2.75) is 26.0 Å².